The van der Waals surface area contributed by atoms with E-state index in [1.54, 1.807) is 19.3 Å². The molecule has 2 aliphatic carbocycles. The molecule has 0 unspecified atom stereocenters. The Morgan fingerprint density at radius 3 is 2.58 bits per heavy atom. The van der Waals surface area contributed by atoms with E-state index >= 15 is 0 Å². The van der Waals surface area contributed by atoms with Crippen LogP contribution >= 0.6 is 11.6 Å². The predicted molar refractivity (Wildman–Crippen MR) is 216 cm³/mol. The van der Waals surface area contributed by atoms with Gasteiger partial charge in [-0.3, -0.25) is 9.69 Å². The van der Waals surface area contributed by atoms with E-state index in [1.807, 2.05) is 44.6 Å². The highest BCUT2D eigenvalue weighted by Gasteiger charge is 2.50. The minimum absolute atomic E-state index is 0.228. The lowest BCUT2D eigenvalue weighted by atomic mass is 9.63. The molecule has 8 rings (SSSR count). The number of aromatic nitrogens is 2. The molecule has 1 spiro atoms. The zero-order valence-electron chi connectivity index (χ0n) is 32.1. The summed E-state index contributed by atoms with van der Waals surface area (Å²) in [6.45, 7) is 9.79. The molecule has 3 aliphatic heterocycles. The lowest BCUT2D eigenvalue weighted by Crippen LogP contribution is -2.59. The number of nitrogens with one attached hydrogen (secondary N) is 1. The normalized spacial score (nSPS) is 31.6. The summed E-state index contributed by atoms with van der Waals surface area (Å²) in [7, 11) is -2.14. The van der Waals surface area contributed by atoms with E-state index in [9.17, 15) is 13.2 Å². The summed E-state index contributed by atoms with van der Waals surface area (Å²) in [6.07, 6.45) is 15.3. The monoisotopic (exact) mass is 788 g/mol. The third-order valence-corrected chi connectivity index (χ3v) is 15.5. The van der Waals surface area contributed by atoms with E-state index in [0.717, 1.165) is 87.8 Å². The fourth-order valence-electron chi connectivity index (χ4n) is 9.78. The summed E-state index contributed by atoms with van der Waals surface area (Å²) in [5.74, 6) is 0.381. The van der Waals surface area contributed by atoms with Gasteiger partial charge >= 0.3 is 0 Å². The number of amides is 1. The van der Waals surface area contributed by atoms with Gasteiger partial charge in [-0.2, -0.15) is 0 Å². The van der Waals surface area contributed by atoms with E-state index in [-0.39, 0.29) is 17.3 Å². The maximum absolute atomic E-state index is 13.7. The zero-order chi connectivity index (χ0) is 38.4. The summed E-state index contributed by atoms with van der Waals surface area (Å²) in [5.41, 5.74) is 3.84. The number of nitrogens with zero attached hydrogens (tertiary/aromatic N) is 5. The number of hydrogen-bond donors (Lipinski definition) is 1. The molecule has 1 aromatic heterocycles. The van der Waals surface area contributed by atoms with Gasteiger partial charge in [-0.1, -0.05) is 36.7 Å². The second-order valence-corrected chi connectivity index (χ2v) is 19.0. The van der Waals surface area contributed by atoms with E-state index < -0.39 is 26.8 Å². The van der Waals surface area contributed by atoms with Crippen LogP contribution in [0, 0.1) is 17.8 Å². The fraction of sp³-hybridized carbons (Fsp3) is 0.548. The van der Waals surface area contributed by atoms with Crippen molar-refractivity contribution in [3.63, 3.8) is 0 Å². The van der Waals surface area contributed by atoms with Crippen LogP contribution < -0.4 is 19.3 Å². The summed E-state index contributed by atoms with van der Waals surface area (Å²) in [4.78, 5) is 29.4. The number of fused-ring (bicyclic) bond motifs is 4. The summed E-state index contributed by atoms with van der Waals surface area (Å²) in [5, 5.41) is -0.0532. The highest BCUT2D eigenvalue weighted by Crippen LogP contribution is 2.49. The summed E-state index contributed by atoms with van der Waals surface area (Å²) in [6, 6.07) is 11.6. The first-order valence-electron chi connectivity index (χ1n) is 19.8. The van der Waals surface area contributed by atoms with Crippen molar-refractivity contribution >= 4 is 38.9 Å². The molecule has 55 heavy (non-hydrogen) atoms. The van der Waals surface area contributed by atoms with Gasteiger partial charge in [0.1, 0.15) is 17.7 Å². The van der Waals surface area contributed by atoms with Crippen LogP contribution in [0.3, 0.4) is 0 Å². The Hall–Kier alpha value is -3.71. The van der Waals surface area contributed by atoms with Crippen LogP contribution in [0.5, 0.6) is 5.75 Å². The number of benzene rings is 2. The molecule has 294 valence electrons. The van der Waals surface area contributed by atoms with Crippen molar-refractivity contribution in [2.24, 2.45) is 17.8 Å². The number of aryl methyl sites for hydroxylation is 1. The molecule has 2 fully saturated rings. The molecule has 3 aromatic rings. The molecule has 1 saturated carbocycles. The molecule has 11 nitrogen and oxygen atoms in total. The van der Waals surface area contributed by atoms with Crippen molar-refractivity contribution in [2.45, 2.75) is 68.6 Å². The molecular weight excluding hydrogens is 736 g/mol. The largest absolute Gasteiger partial charge is 0.490 e. The first-order valence-corrected chi connectivity index (χ1v) is 21.7. The molecule has 1 N–H and O–H groups in total. The minimum Gasteiger partial charge on any atom is -0.490 e. The number of allylic oxidation sites excluding steroid dienone is 1. The SMILES string of the molecule is CO[C@@]1(CN2CCN(c3cncnc3)CC2)/C=C\C[C@H](C)[C@@H](C)S(=O)(=O)NC(=O)c2ccc3c(c2)N(C[C@@H]2CC[C@H]21)C[C@@]1(CCCc2cc(Cl)ccc21)CO3. The smallest absolute Gasteiger partial charge is 0.264 e. The number of sulfonamides is 1. The van der Waals surface area contributed by atoms with Crippen LogP contribution in [0.4, 0.5) is 11.4 Å². The molecule has 1 amide bonds. The lowest BCUT2D eigenvalue weighted by Gasteiger charge is -2.52. The highest BCUT2D eigenvalue weighted by molar-refractivity contribution is 7.90. The Balaban J connectivity index is 1.16. The molecule has 1 saturated heterocycles. The van der Waals surface area contributed by atoms with Gasteiger partial charge in [-0.25, -0.2) is 23.1 Å². The van der Waals surface area contributed by atoms with Crippen molar-refractivity contribution in [3.8, 4) is 5.75 Å². The number of ether oxygens (including phenoxy) is 2. The average Bonchev–Trinajstić information content (AvgIpc) is 3.32. The predicted octanol–water partition coefficient (Wildman–Crippen LogP) is 5.88. The summed E-state index contributed by atoms with van der Waals surface area (Å²) >= 11 is 6.51. The third-order valence-electron chi connectivity index (χ3n) is 13.4. The van der Waals surface area contributed by atoms with Crippen LogP contribution in [0.2, 0.25) is 5.02 Å². The summed E-state index contributed by atoms with van der Waals surface area (Å²) < 4.78 is 43.1. The first-order chi connectivity index (χ1) is 26.5. The first kappa shape index (κ1) is 38.2. The molecule has 6 atom stereocenters. The van der Waals surface area contributed by atoms with Crippen LogP contribution in [0.25, 0.3) is 0 Å². The van der Waals surface area contributed by atoms with Crippen LogP contribution in [0.15, 0.2) is 67.3 Å². The Labute approximate surface area is 330 Å². The number of carbonyl (C=O) groups is 1. The van der Waals surface area contributed by atoms with Gasteiger partial charge in [-0.05, 0) is 105 Å². The van der Waals surface area contributed by atoms with Crippen molar-refractivity contribution < 1.29 is 22.7 Å². The molecule has 4 heterocycles. The Bertz CT molecular complexity index is 2030. The molecule has 13 heteroatoms. The Kier molecular flexibility index (Phi) is 10.6. The van der Waals surface area contributed by atoms with Gasteiger partial charge in [0.25, 0.3) is 5.91 Å². The molecular formula is C42H53ClN6O5S. The molecule has 0 radical (unpaired) electrons. The topological polar surface area (TPSA) is 117 Å². The zero-order valence-corrected chi connectivity index (χ0v) is 33.7. The number of anilines is 2. The van der Waals surface area contributed by atoms with E-state index in [0.29, 0.717) is 36.8 Å². The third kappa shape index (κ3) is 7.47. The Morgan fingerprint density at radius 1 is 1.04 bits per heavy atom. The number of carbonyl (C=O) groups excluding carboxylic acids is 1. The van der Waals surface area contributed by atoms with Crippen molar-refractivity contribution in [2.75, 3.05) is 69.3 Å². The minimum atomic E-state index is -3.97. The number of rotatable bonds is 4. The van der Waals surface area contributed by atoms with Gasteiger partial charge in [0, 0.05) is 68.9 Å². The molecule has 5 aliphatic rings. The van der Waals surface area contributed by atoms with Crippen molar-refractivity contribution in [1.82, 2.24) is 19.6 Å². The number of methoxy groups -OCH3 is 1. The molecule has 2 aromatic carbocycles. The van der Waals surface area contributed by atoms with Crippen LogP contribution in [0.1, 0.15) is 67.4 Å². The lowest BCUT2D eigenvalue weighted by molar-refractivity contribution is -0.0919. The second kappa shape index (κ2) is 15.3. The quantitative estimate of drug-likeness (QED) is 0.322. The molecule has 2 bridgehead atoms. The number of hydrogen-bond acceptors (Lipinski definition) is 10. The highest BCUT2D eigenvalue weighted by atomic mass is 35.5. The standard InChI is InChI=1S/C42H53ClN6O5S/c1-29-6-4-15-42(53-3,26-47-16-18-48(19-17-47)35-22-44-28-45-23-35)37-11-8-33(37)24-49-25-41(14-5-7-31-20-34(43)10-12-36(31)41)27-54-39-13-9-32(21-38(39)49)40(50)46-55(51,52)30(29)2/h4,9-10,12-13,15,20-23,28-30,33,37H,5-8,11,14,16-19,24-27H2,1-3H3,(H,46,50)/b15-4-/t29-,30+,33-,37+,41-,42+/m0/s1. The van der Waals surface area contributed by atoms with Crippen LogP contribution in [-0.2, 0) is 26.6 Å². The Morgan fingerprint density at radius 2 is 1.84 bits per heavy atom. The van der Waals surface area contributed by atoms with Crippen LogP contribution in [-0.4, -0.2) is 99.6 Å². The number of halogens is 1. The number of piperazine rings is 1. The fourth-order valence-corrected chi connectivity index (χ4v) is 11.3. The van der Waals surface area contributed by atoms with E-state index in [4.69, 9.17) is 21.1 Å². The van der Waals surface area contributed by atoms with Gasteiger partial charge in [-0.15, -0.1) is 0 Å². The van der Waals surface area contributed by atoms with Gasteiger partial charge in [0.05, 0.1) is 35.6 Å². The van der Waals surface area contributed by atoms with E-state index in [1.165, 1.54) is 11.1 Å². The van der Waals surface area contributed by atoms with Crippen molar-refractivity contribution in [3.05, 3.63) is 89.0 Å². The van der Waals surface area contributed by atoms with Gasteiger partial charge in [0.2, 0.25) is 10.0 Å². The van der Waals surface area contributed by atoms with Gasteiger partial charge < -0.3 is 19.3 Å². The average molecular weight is 789 g/mol. The van der Waals surface area contributed by atoms with E-state index in [2.05, 4.69) is 53.7 Å². The second-order valence-electron chi connectivity index (χ2n) is 16.5. The van der Waals surface area contributed by atoms with Crippen molar-refractivity contribution in [1.29, 1.82) is 0 Å². The maximum Gasteiger partial charge on any atom is 0.264 e. The maximum atomic E-state index is 13.7. The van der Waals surface area contributed by atoms with Gasteiger partial charge in [0.15, 0.2) is 0 Å².